The lowest BCUT2D eigenvalue weighted by atomic mass is 9.91. The Morgan fingerprint density at radius 2 is 1.52 bits per heavy atom. The molecular formula is C20H23N. The van der Waals surface area contributed by atoms with Crippen LogP contribution in [0.5, 0.6) is 0 Å². The molecule has 0 saturated heterocycles. The Balaban J connectivity index is 0.000000497. The van der Waals surface area contributed by atoms with Gasteiger partial charge in [0, 0.05) is 12.1 Å². The molecule has 0 amide bonds. The van der Waals surface area contributed by atoms with Crippen molar-refractivity contribution in [2.45, 2.75) is 26.7 Å². The second-order valence-electron chi connectivity index (χ2n) is 5.22. The predicted octanol–water partition coefficient (Wildman–Crippen LogP) is 5.04. The number of fused-ring (bicyclic) bond motifs is 1. The van der Waals surface area contributed by atoms with Gasteiger partial charge in [-0.15, -0.1) is 0 Å². The number of nitrogens with two attached hydrogens (primary N) is 1. The number of hydrogen-bond acceptors (Lipinski definition) is 1. The Bertz CT molecular complexity index is 636. The molecule has 1 heteroatoms. The normalized spacial score (nSPS) is 14.8. The zero-order valence-electron chi connectivity index (χ0n) is 12.8. The van der Waals surface area contributed by atoms with Gasteiger partial charge < -0.3 is 5.73 Å². The zero-order chi connectivity index (χ0) is 15.1. The van der Waals surface area contributed by atoms with Crippen LogP contribution in [-0.2, 0) is 6.42 Å². The van der Waals surface area contributed by atoms with E-state index in [1.54, 1.807) is 0 Å². The second kappa shape index (κ2) is 7.49. The second-order valence-corrected chi connectivity index (χ2v) is 5.22. The van der Waals surface area contributed by atoms with E-state index in [0.717, 1.165) is 17.7 Å². The molecule has 2 aromatic carbocycles. The van der Waals surface area contributed by atoms with E-state index in [4.69, 9.17) is 5.73 Å². The minimum absolute atomic E-state index is 0.876. The first-order valence-electron chi connectivity index (χ1n) is 7.56. The quantitative estimate of drug-likeness (QED) is 0.776. The van der Waals surface area contributed by atoms with Gasteiger partial charge in [0.15, 0.2) is 0 Å². The van der Waals surface area contributed by atoms with E-state index in [1.165, 1.54) is 23.1 Å². The number of rotatable bonds is 1. The van der Waals surface area contributed by atoms with E-state index in [1.807, 2.05) is 18.2 Å². The lowest BCUT2D eigenvalue weighted by Crippen LogP contribution is -2.05. The van der Waals surface area contributed by atoms with Gasteiger partial charge in [-0.05, 0) is 22.3 Å². The molecule has 0 radical (unpaired) electrons. The molecule has 0 saturated carbocycles. The highest BCUT2D eigenvalue weighted by Gasteiger charge is 2.10. The average molecular weight is 277 g/mol. The Hall–Kier alpha value is -2.28. The van der Waals surface area contributed by atoms with Gasteiger partial charge in [-0.2, -0.15) is 0 Å². The van der Waals surface area contributed by atoms with E-state index in [9.17, 15) is 0 Å². The van der Waals surface area contributed by atoms with Gasteiger partial charge in [0.2, 0.25) is 0 Å². The standard InChI is InChI=1S/C17H15N.C3H8/c18-17(14-7-2-1-3-8-14)16-11-10-13-6-4-5-9-15(13)12-16;1-3-2/h1-11H,12,18H2;3H2,1-2H3/b17-16-;. The molecule has 1 aliphatic rings. The Morgan fingerprint density at radius 3 is 2.24 bits per heavy atom. The largest absolute Gasteiger partial charge is 0.398 e. The first-order valence-corrected chi connectivity index (χ1v) is 7.56. The van der Waals surface area contributed by atoms with Crippen LogP contribution in [0.25, 0.3) is 11.8 Å². The molecule has 0 heterocycles. The fraction of sp³-hybridized carbons (Fsp3) is 0.200. The summed E-state index contributed by atoms with van der Waals surface area (Å²) in [6.07, 6.45) is 6.43. The van der Waals surface area contributed by atoms with E-state index in [0.29, 0.717) is 0 Å². The molecule has 0 spiro atoms. The van der Waals surface area contributed by atoms with Gasteiger partial charge in [0.1, 0.15) is 0 Å². The Kier molecular flexibility index (Phi) is 5.39. The number of allylic oxidation sites excluding steroid dienone is 2. The van der Waals surface area contributed by atoms with Crippen molar-refractivity contribution in [2.24, 2.45) is 5.73 Å². The first-order chi connectivity index (χ1) is 10.3. The van der Waals surface area contributed by atoms with Crippen LogP contribution in [0.4, 0.5) is 0 Å². The van der Waals surface area contributed by atoms with Crippen molar-refractivity contribution in [2.75, 3.05) is 0 Å². The van der Waals surface area contributed by atoms with Crippen molar-refractivity contribution in [1.82, 2.24) is 0 Å². The van der Waals surface area contributed by atoms with Crippen molar-refractivity contribution in [3.8, 4) is 0 Å². The summed E-state index contributed by atoms with van der Waals surface area (Å²) in [5.74, 6) is 0. The molecular weight excluding hydrogens is 254 g/mol. The molecule has 0 unspecified atom stereocenters. The van der Waals surface area contributed by atoms with Crippen LogP contribution in [0.3, 0.4) is 0 Å². The molecule has 1 aliphatic carbocycles. The van der Waals surface area contributed by atoms with Gasteiger partial charge in [0.25, 0.3) is 0 Å². The summed E-state index contributed by atoms with van der Waals surface area (Å²) >= 11 is 0. The van der Waals surface area contributed by atoms with Crippen molar-refractivity contribution in [3.05, 3.63) is 82.9 Å². The topological polar surface area (TPSA) is 26.0 Å². The number of benzene rings is 2. The van der Waals surface area contributed by atoms with Crippen molar-refractivity contribution in [3.63, 3.8) is 0 Å². The third-order valence-corrected chi connectivity index (χ3v) is 3.33. The fourth-order valence-electron chi connectivity index (χ4n) is 2.30. The molecule has 0 aliphatic heterocycles. The van der Waals surface area contributed by atoms with Crippen molar-refractivity contribution in [1.29, 1.82) is 0 Å². The average Bonchev–Trinajstić information content (AvgIpc) is 2.55. The van der Waals surface area contributed by atoms with Crippen LogP contribution >= 0.6 is 0 Å². The first kappa shape index (κ1) is 15.1. The van der Waals surface area contributed by atoms with Gasteiger partial charge in [-0.3, -0.25) is 0 Å². The molecule has 108 valence electrons. The fourth-order valence-corrected chi connectivity index (χ4v) is 2.30. The van der Waals surface area contributed by atoms with Crippen LogP contribution < -0.4 is 5.73 Å². The molecule has 0 atom stereocenters. The summed E-state index contributed by atoms with van der Waals surface area (Å²) in [5, 5.41) is 0. The zero-order valence-corrected chi connectivity index (χ0v) is 12.8. The molecule has 3 rings (SSSR count). The van der Waals surface area contributed by atoms with Crippen molar-refractivity contribution >= 4 is 11.8 Å². The summed E-state index contributed by atoms with van der Waals surface area (Å²) in [7, 11) is 0. The highest BCUT2D eigenvalue weighted by molar-refractivity contribution is 5.74. The summed E-state index contributed by atoms with van der Waals surface area (Å²) in [6, 6.07) is 18.6. The molecule has 21 heavy (non-hydrogen) atoms. The predicted molar refractivity (Wildman–Crippen MR) is 92.7 cm³/mol. The van der Waals surface area contributed by atoms with E-state index < -0.39 is 0 Å². The molecule has 0 aromatic heterocycles. The Labute approximate surface area is 127 Å². The SMILES string of the molecule is CCC.N/C(=C1/C=Cc2ccccc2C1)c1ccccc1. The lowest BCUT2D eigenvalue weighted by molar-refractivity contribution is 1.09. The molecule has 0 fully saturated rings. The maximum atomic E-state index is 6.26. The summed E-state index contributed by atoms with van der Waals surface area (Å²) in [5.41, 5.74) is 12.1. The minimum Gasteiger partial charge on any atom is -0.398 e. The van der Waals surface area contributed by atoms with Gasteiger partial charge in [-0.25, -0.2) is 0 Å². The molecule has 2 aromatic rings. The lowest BCUT2D eigenvalue weighted by Gasteiger charge is -2.15. The highest BCUT2D eigenvalue weighted by Crippen LogP contribution is 2.26. The summed E-state index contributed by atoms with van der Waals surface area (Å²) < 4.78 is 0. The minimum atomic E-state index is 0.876. The van der Waals surface area contributed by atoms with E-state index in [2.05, 4.69) is 62.4 Å². The molecule has 0 bridgehead atoms. The maximum Gasteiger partial charge on any atom is 0.0423 e. The molecule has 2 N–H and O–H groups in total. The highest BCUT2D eigenvalue weighted by atomic mass is 14.6. The smallest absolute Gasteiger partial charge is 0.0423 e. The maximum absolute atomic E-state index is 6.26. The van der Waals surface area contributed by atoms with Gasteiger partial charge >= 0.3 is 0 Å². The molecule has 1 nitrogen and oxygen atoms in total. The van der Waals surface area contributed by atoms with Crippen LogP contribution in [0.15, 0.2) is 66.2 Å². The van der Waals surface area contributed by atoms with Crippen LogP contribution in [0.1, 0.15) is 37.0 Å². The van der Waals surface area contributed by atoms with Gasteiger partial charge in [-0.1, -0.05) is 87.0 Å². The van der Waals surface area contributed by atoms with E-state index in [-0.39, 0.29) is 0 Å². The van der Waals surface area contributed by atoms with Crippen LogP contribution in [0, 0.1) is 0 Å². The monoisotopic (exact) mass is 277 g/mol. The number of hydrogen-bond donors (Lipinski definition) is 1. The Morgan fingerprint density at radius 1 is 0.905 bits per heavy atom. The van der Waals surface area contributed by atoms with Crippen LogP contribution in [-0.4, -0.2) is 0 Å². The van der Waals surface area contributed by atoms with Crippen molar-refractivity contribution < 1.29 is 0 Å². The van der Waals surface area contributed by atoms with Gasteiger partial charge in [0.05, 0.1) is 0 Å². The third-order valence-electron chi connectivity index (χ3n) is 3.33. The summed E-state index contributed by atoms with van der Waals surface area (Å²) in [4.78, 5) is 0. The van der Waals surface area contributed by atoms with Crippen LogP contribution in [0.2, 0.25) is 0 Å². The third kappa shape index (κ3) is 3.85. The summed E-state index contributed by atoms with van der Waals surface area (Å²) in [6.45, 7) is 4.25. The van der Waals surface area contributed by atoms with E-state index >= 15 is 0 Å².